The summed E-state index contributed by atoms with van der Waals surface area (Å²) in [5.41, 5.74) is 9.09. The zero-order valence-electron chi connectivity index (χ0n) is 11.1. The van der Waals surface area contributed by atoms with Crippen molar-refractivity contribution in [3.05, 3.63) is 41.1 Å². The number of benzene rings is 1. The molecule has 0 fully saturated rings. The van der Waals surface area contributed by atoms with Crippen LogP contribution in [0.15, 0.2) is 24.3 Å². The topological polar surface area (TPSA) is 53.1 Å². The van der Waals surface area contributed by atoms with Crippen molar-refractivity contribution < 1.29 is 4.74 Å². The molecule has 0 radical (unpaired) electrons. The number of hydrogen-bond donors (Lipinski definition) is 1. The predicted molar refractivity (Wildman–Crippen MR) is 72.7 cm³/mol. The molecule has 0 aliphatic heterocycles. The van der Waals surface area contributed by atoms with Gasteiger partial charge in [0.2, 0.25) is 0 Å². The Kier molecular flexibility index (Phi) is 3.55. The SMILES string of the molecule is Cc1ccc(OCCc2cc(N)n(C)n2)c(C)c1. The Morgan fingerprint density at radius 2 is 2.06 bits per heavy atom. The van der Waals surface area contributed by atoms with Crippen molar-refractivity contribution in [3.63, 3.8) is 0 Å². The van der Waals surface area contributed by atoms with Crippen molar-refractivity contribution in [3.8, 4) is 5.75 Å². The second-order valence-electron chi connectivity index (χ2n) is 4.55. The van der Waals surface area contributed by atoms with E-state index >= 15 is 0 Å². The summed E-state index contributed by atoms with van der Waals surface area (Å²) in [6.07, 6.45) is 0.762. The van der Waals surface area contributed by atoms with E-state index < -0.39 is 0 Å². The van der Waals surface area contributed by atoms with Gasteiger partial charge in [-0.15, -0.1) is 0 Å². The lowest BCUT2D eigenvalue weighted by molar-refractivity contribution is 0.318. The van der Waals surface area contributed by atoms with E-state index in [1.807, 2.05) is 19.2 Å². The molecule has 4 nitrogen and oxygen atoms in total. The zero-order chi connectivity index (χ0) is 13.1. The van der Waals surface area contributed by atoms with Crippen LogP contribution >= 0.6 is 0 Å². The largest absolute Gasteiger partial charge is 0.493 e. The van der Waals surface area contributed by atoms with Gasteiger partial charge >= 0.3 is 0 Å². The first kappa shape index (κ1) is 12.5. The van der Waals surface area contributed by atoms with Crippen LogP contribution in [0.25, 0.3) is 0 Å². The Labute approximate surface area is 107 Å². The van der Waals surface area contributed by atoms with Gasteiger partial charge in [-0.3, -0.25) is 4.68 Å². The normalized spacial score (nSPS) is 10.6. The minimum atomic E-state index is 0.611. The van der Waals surface area contributed by atoms with Gasteiger partial charge < -0.3 is 10.5 Å². The number of nitrogens with two attached hydrogens (primary N) is 1. The van der Waals surface area contributed by atoms with E-state index in [1.54, 1.807) is 4.68 Å². The molecular weight excluding hydrogens is 226 g/mol. The average molecular weight is 245 g/mol. The molecule has 1 heterocycles. The minimum absolute atomic E-state index is 0.611. The summed E-state index contributed by atoms with van der Waals surface area (Å²) >= 11 is 0. The van der Waals surface area contributed by atoms with Crippen LogP contribution in [0.1, 0.15) is 16.8 Å². The molecule has 96 valence electrons. The van der Waals surface area contributed by atoms with E-state index in [9.17, 15) is 0 Å². The van der Waals surface area contributed by atoms with Crippen molar-refractivity contribution in [2.24, 2.45) is 7.05 Å². The number of rotatable bonds is 4. The maximum absolute atomic E-state index is 5.75. The fraction of sp³-hybridized carbons (Fsp3) is 0.357. The molecule has 18 heavy (non-hydrogen) atoms. The number of hydrogen-bond acceptors (Lipinski definition) is 3. The highest BCUT2D eigenvalue weighted by Crippen LogP contribution is 2.18. The van der Waals surface area contributed by atoms with Crippen LogP contribution < -0.4 is 10.5 Å². The maximum atomic E-state index is 5.75. The Balaban J connectivity index is 1.92. The minimum Gasteiger partial charge on any atom is -0.493 e. The van der Waals surface area contributed by atoms with Gasteiger partial charge in [0.1, 0.15) is 11.6 Å². The van der Waals surface area contributed by atoms with Crippen LogP contribution in [0, 0.1) is 13.8 Å². The molecule has 0 unspecified atom stereocenters. The lowest BCUT2D eigenvalue weighted by atomic mass is 10.1. The highest BCUT2D eigenvalue weighted by atomic mass is 16.5. The van der Waals surface area contributed by atoms with E-state index in [0.29, 0.717) is 12.4 Å². The van der Waals surface area contributed by atoms with E-state index in [1.165, 1.54) is 5.56 Å². The van der Waals surface area contributed by atoms with Gasteiger partial charge in [-0.25, -0.2) is 0 Å². The Morgan fingerprint density at radius 3 is 2.67 bits per heavy atom. The number of ether oxygens (including phenoxy) is 1. The molecule has 0 atom stereocenters. The van der Waals surface area contributed by atoms with Crippen molar-refractivity contribution in [1.29, 1.82) is 0 Å². The molecule has 2 rings (SSSR count). The molecule has 1 aromatic heterocycles. The van der Waals surface area contributed by atoms with Crippen LogP contribution in [0.4, 0.5) is 5.82 Å². The van der Waals surface area contributed by atoms with Gasteiger partial charge in [0.25, 0.3) is 0 Å². The van der Waals surface area contributed by atoms with Gasteiger partial charge in [0, 0.05) is 19.5 Å². The second-order valence-corrected chi connectivity index (χ2v) is 4.55. The molecule has 0 bridgehead atoms. The molecule has 0 spiro atoms. The molecule has 4 heteroatoms. The van der Waals surface area contributed by atoms with Gasteiger partial charge in [-0.05, 0) is 25.5 Å². The Bertz CT molecular complexity index is 526. The van der Waals surface area contributed by atoms with Crippen LogP contribution in [-0.4, -0.2) is 16.4 Å². The lowest BCUT2D eigenvalue weighted by Crippen LogP contribution is -2.03. The summed E-state index contributed by atoms with van der Waals surface area (Å²) in [4.78, 5) is 0. The first-order valence-corrected chi connectivity index (χ1v) is 6.04. The number of nitrogen functional groups attached to an aromatic ring is 1. The third kappa shape index (κ3) is 2.83. The number of aromatic nitrogens is 2. The van der Waals surface area contributed by atoms with Crippen LogP contribution in [0.3, 0.4) is 0 Å². The third-order valence-corrected chi connectivity index (χ3v) is 2.91. The van der Waals surface area contributed by atoms with Crippen LogP contribution in [0.2, 0.25) is 0 Å². The zero-order valence-corrected chi connectivity index (χ0v) is 11.1. The van der Waals surface area contributed by atoms with E-state index in [0.717, 1.165) is 23.4 Å². The second kappa shape index (κ2) is 5.12. The molecule has 1 aromatic carbocycles. The van der Waals surface area contributed by atoms with Crippen molar-refractivity contribution in [2.75, 3.05) is 12.3 Å². The summed E-state index contributed by atoms with van der Waals surface area (Å²) in [6, 6.07) is 8.07. The highest BCUT2D eigenvalue weighted by molar-refractivity contribution is 5.35. The third-order valence-electron chi connectivity index (χ3n) is 2.91. The van der Waals surface area contributed by atoms with Gasteiger partial charge in [-0.2, -0.15) is 5.10 Å². The average Bonchev–Trinajstić information content (AvgIpc) is 2.61. The van der Waals surface area contributed by atoms with Gasteiger partial charge in [0.05, 0.1) is 12.3 Å². The summed E-state index contributed by atoms with van der Waals surface area (Å²) in [5.74, 6) is 1.61. The first-order chi connectivity index (χ1) is 8.56. The van der Waals surface area contributed by atoms with Gasteiger partial charge in [0.15, 0.2) is 0 Å². The molecular formula is C14H19N3O. The summed E-state index contributed by atoms with van der Waals surface area (Å²) in [7, 11) is 1.84. The Morgan fingerprint density at radius 1 is 1.28 bits per heavy atom. The predicted octanol–water partition coefficient (Wildman–Crippen LogP) is 2.24. The number of anilines is 1. The van der Waals surface area contributed by atoms with Crippen molar-refractivity contribution in [2.45, 2.75) is 20.3 Å². The fourth-order valence-electron chi connectivity index (χ4n) is 1.89. The summed E-state index contributed by atoms with van der Waals surface area (Å²) in [5, 5.41) is 4.29. The standard InChI is InChI=1S/C14H19N3O/c1-10-4-5-13(11(2)8-10)18-7-6-12-9-14(15)17(3)16-12/h4-5,8-9H,6-7,15H2,1-3H3. The smallest absolute Gasteiger partial charge is 0.122 e. The monoisotopic (exact) mass is 245 g/mol. The first-order valence-electron chi connectivity index (χ1n) is 6.04. The van der Waals surface area contributed by atoms with Crippen LogP contribution in [-0.2, 0) is 13.5 Å². The molecule has 0 amide bonds. The molecule has 0 aliphatic carbocycles. The molecule has 2 N–H and O–H groups in total. The highest BCUT2D eigenvalue weighted by Gasteiger charge is 2.03. The molecule has 0 saturated carbocycles. The fourth-order valence-corrected chi connectivity index (χ4v) is 1.89. The summed E-state index contributed by atoms with van der Waals surface area (Å²) < 4.78 is 7.43. The van der Waals surface area contributed by atoms with E-state index in [4.69, 9.17) is 10.5 Å². The number of nitrogens with zero attached hydrogens (tertiary/aromatic N) is 2. The molecule has 0 aliphatic rings. The maximum Gasteiger partial charge on any atom is 0.122 e. The molecule has 0 saturated heterocycles. The van der Waals surface area contributed by atoms with Crippen LogP contribution in [0.5, 0.6) is 5.75 Å². The Hall–Kier alpha value is -1.97. The quantitative estimate of drug-likeness (QED) is 0.898. The summed E-state index contributed by atoms with van der Waals surface area (Å²) in [6.45, 7) is 4.74. The lowest BCUT2D eigenvalue weighted by Gasteiger charge is -2.08. The molecule has 2 aromatic rings. The van der Waals surface area contributed by atoms with Crippen molar-refractivity contribution >= 4 is 5.82 Å². The van der Waals surface area contributed by atoms with E-state index in [-0.39, 0.29) is 0 Å². The van der Waals surface area contributed by atoms with E-state index in [2.05, 4.69) is 31.1 Å². The van der Waals surface area contributed by atoms with Crippen molar-refractivity contribution in [1.82, 2.24) is 9.78 Å². The van der Waals surface area contributed by atoms with Gasteiger partial charge in [-0.1, -0.05) is 17.7 Å². The number of aryl methyl sites for hydroxylation is 3.